The molecule has 0 aliphatic carbocycles. The van der Waals surface area contributed by atoms with E-state index in [1.54, 1.807) is 0 Å². The largest absolute Gasteiger partial charge is 0.354 e. The highest BCUT2D eigenvalue weighted by Crippen LogP contribution is 2.42. The average molecular weight is 429 g/mol. The first kappa shape index (κ1) is 20.2. The molecule has 3 aliphatic rings. The van der Waals surface area contributed by atoms with Crippen LogP contribution in [-0.2, 0) is 0 Å². The van der Waals surface area contributed by atoms with Crippen molar-refractivity contribution in [1.82, 2.24) is 15.2 Å². The number of para-hydroxylation sites is 2. The summed E-state index contributed by atoms with van der Waals surface area (Å²) in [4.78, 5) is 7.22. The molecule has 2 N–H and O–H groups in total. The van der Waals surface area contributed by atoms with Crippen LogP contribution >= 0.6 is 12.2 Å². The van der Waals surface area contributed by atoms with Gasteiger partial charge in [0.05, 0.1) is 11.6 Å². The first-order valence-corrected chi connectivity index (χ1v) is 11.5. The van der Waals surface area contributed by atoms with Gasteiger partial charge in [0.15, 0.2) is 5.11 Å². The Labute approximate surface area is 189 Å². The second-order valence-corrected chi connectivity index (χ2v) is 9.01. The molecule has 6 rings (SSSR count). The summed E-state index contributed by atoms with van der Waals surface area (Å²) in [6.07, 6.45) is 6.48. The maximum Gasteiger partial charge on any atom is 0.171 e. The Morgan fingerprint density at radius 2 is 1.94 bits per heavy atom. The monoisotopic (exact) mass is 428 g/mol. The lowest BCUT2D eigenvalue weighted by Gasteiger charge is -2.52. The Bertz CT molecular complexity index is 1080. The molecule has 0 radical (unpaired) electrons. The third-order valence-electron chi connectivity index (χ3n) is 6.87. The van der Waals surface area contributed by atoms with Gasteiger partial charge < -0.3 is 10.6 Å². The van der Waals surface area contributed by atoms with Crippen molar-refractivity contribution in [3.63, 3.8) is 0 Å². The van der Waals surface area contributed by atoms with E-state index in [9.17, 15) is 0 Å². The van der Waals surface area contributed by atoms with Crippen LogP contribution in [0, 0.1) is 11.8 Å². The van der Waals surface area contributed by atoms with Crippen molar-refractivity contribution in [3.8, 4) is 0 Å². The molecule has 4 nitrogen and oxygen atoms in total. The van der Waals surface area contributed by atoms with Crippen LogP contribution in [-0.4, -0.2) is 34.1 Å². The van der Waals surface area contributed by atoms with E-state index in [-0.39, 0.29) is 6.04 Å². The van der Waals surface area contributed by atoms with Gasteiger partial charge in [0.25, 0.3) is 0 Å². The third-order valence-corrected chi connectivity index (χ3v) is 7.09. The van der Waals surface area contributed by atoms with Gasteiger partial charge in [-0.2, -0.15) is 0 Å². The van der Waals surface area contributed by atoms with Gasteiger partial charge in [0.1, 0.15) is 0 Å². The number of thiocarbonyl (C=S) groups is 1. The fraction of sp³-hybridized carbons (Fsp3) is 0.308. The summed E-state index contributed by atoms with van der Waals surface area (Å²) in [7, 11) is 0. The number of nitrogens with zero attached hydrogens (tertiary/aromatic N) is 2. The number of hydrogen-bond donors (Lipinski definition) is 2. The summed E-state index contributed by atoms with van der Waals surface area (Å²) in [6.45, 7) is 6.31. The molecule has 1 aromatic heterocycles. The van der Waals surface area contributed by atoms with Gasteiger partial charge >= 0.3 is 0 Å². The molecule has 31 heavy (non-hydrogen) atoms. The highest BCUT2D eigenvalue weighted by Gasteiger charge is 2.43. The summed E-state index contributed by atoms with van der Waals surface area (Å²) >= 11 is 5.76. The highest BCUT2D eigenvalue weighted by molar-refractivity contribution is 7.80. The van der Waals surface area contributed by atoms with Gasteiger partial charge in [-0.1, -0.05) is 42.5 Å². The van der Waals surface area contributed by atoms with E-state index >= 15 is 0 Å². The Morgan fingerprint density at radius 1 is 1.13 bits per heavy atom. The SMILES string of the molecule is C=C[C@H]1CN2CC[C@H]1C[C@H]2[C@H](NC(=S)Nc1ccccc1)c1ccnc2ccccc12. The predicted octanol–water partition coefficient (Wildman–Crippen LogP) is 5.16. The fourth-order valence-electron chi connectivity index (χ4n) is 5.32. The van der Waals surface area contributed by atoms with E-state index in [2.05, 4.69) is 57.4 Å². The number of piperidine rings is 3. The molecule has 158 valence electrons. The fourth-order valence-corrected chi connectivity index (χ4v) is 5.57. The maximum atomic E-state index is 5.76. The zero-order chi connectivity index (χ0) is 21.2. The van der Waals surface area contributed by atoms with Crippen LogP contribution in [0.2, 0.25) is 0 Å². The van der Waals surface area contributed by atoms with Crippen LogP contribution in [0.3, 0.4) is 0 Å². The molecule has 3 aliphatic heterocycles. The van der Waals surface area contributed by atoms with Gasteiger partial charge in [-0.15, -0.1) is 6.58 Å². The minimum absolute atomic E-state index is 0.0881. The number of pyridine rings is 1. The lowest BCUT2D eigenvalue weighted by molar-refractivity contribution is 0.00443. The molecule has 0 amide bonds. The Balaban J connectivity index is 1.48. The van der Waals surface area contributed by atoms with Crippen molar-refractivity contribution in [1.29, 1.82) is 0 Å². The van der Waals surface area contributed by atoms with Crippen LogP contribution < -0.4 is 10.6 Å². The van der Waals surface area contributed by atoms with Crippen molar-refractivity contribution < 1.29 is 0 Å². The standard InChI is InChI=1S/C26H28N4S/c1-2-18-17-30-15-13-19(18)16-24(30)25(29-26(31)28-20-8-4-3-5-9-20)22-12-14-27-23-11-7-6-10-21(22)23/h2-12,14,18-19,24-25H,1,13,15-17H2,(H2,28,29,31)/t18-,19-,24-,25+/m0/s1. The van der Waals surface area contributed by atoms with Crippen LogP contribution in [0.4, 0.5) is 5.69 Å². The van der Waals surface area contributed by atoms with E-state index in [0.29, 0.717) is 23.0 Å². The topological polar surface area (TPSA) is 40.2 Å². The second kappa shape index (κ2) is 8.77. The number of fused-ring (bicyclic) bond motifs is 4. The highest BCUT2D eigenvalue weighted by atomic mass is 32.1. The van der Waals surface area contributed by atoms with Crippen molar-refractivity contribution in [2.24, 2.45) is 11.8 Å². The normalized spacial score (nSPS) is 25.7. The van der Waals surface area contributed by atoms with E-state index in [4.69, 9.17) is 12.2 Å². The first-order valence-electron chi connectivity index (χ1n) is 11.1. The molecule has 4 heterocycles. The quantitative estimate of drug-likeness (QED) is 0.434. The van der Waals surface area contributed by atoms with Crippen molar-refractivity contribution >= 4 is 33.9 Å². The average Bonchev–Trinajstić information content (AvgIpc) is 2.83. The molecule has 5 heteroatoms. The zero-order valence-electron chi connectivity index (χ0n) is 17.6. The molecule has 3 aromatic rings. The molecule has 2 bridgehead atoms. The molecule has 0 spiro atoms. The van der Waals surface area contributed by atoms with Crippen molar-refractivity contribution in [2.75, 3.05) is 18.4 Å². The molecule has 1 unspecified atom stereocenters. The lowest BCUT2D eigenvalue weighted by atomic mass is 9.73. The summed E-state index contributed by atoms with van der Waals surface area (Å²) in [5, 5.41) is 8.89. The Morgan fingerprint density at radius 3 is 2.71 bits per heavy atom. The van der Waals surface area contributed by atoms with Gasteiger partial charge in [0, 0.05) is 29.9 Å². The number of rotatable bonds is 5. The summed E-state index contributed by atoms with van der Waals surface area (Å²) in [5.74, 6) is 1.29. The van der Waals surface area contributed by atoms with E-state index in [1.165, 1.54) is 17.4 Å². The molecule has 0 saturated carbocycles. The van der Waals surface area contributed by atoms with Gasteiger partial charge in [-0.25, -0.2) is 0 Å². The number of hydrogen-bond acceptors (Lipinski definition) is 3. The van der Waals surface area contributed by atoms with E-state index in [0.717, 1.165) is 30.7 Å². The maximum absolute atomic E-state index is 5.76. The minimum atomic E-state index is 0.0881. The summed E-state index contributed by atoms with van der Waals surface area (Å²) in [6, 6.07) is 21.1. The number of benzene rings is 2. The third kappa shape index (κ3) is 4.08. The van der Waals surface area contributed by atoms with Crippen molar-refractivity contribution in [2.45, 2.75) is 24.9 Å². The zero-order valence-corrected chi connectivity index (χ0v) is 18.4. The van der Waals surface area contributed by atoms with Gasteiger partial charge in [0.2, 0.25) is 0 Å². The molecular formula is C26H28N4S. The summed E-state index contributed by atoms with van der Waals surface area (Å²) in [5.41, 5.74) is 3.28. The molecule has 3 saturated heterocycles. The van der Waals surface area contributed by atoms with Gasteiger partial charge in [-0.3, -0.25) is 9.88 Å². The first-order chi connectivity index (χ1) is 15.2. The molecular weight excluding hydrogens is 400 g/mol. The molecule has 5 atom stereocenters. The predicted molar refractivity (Wildman–Crippen MR) is 132 cm³/mol. The number of anilines is 1. The molecule has 2 aromatic carbocycles. The van der Waals surface area contributed by atoms with Crippen LogP contribution in [0.1, 0.15) is 24.4 Å². The van der Waals surface area contributed by atoms with Crippen LogP contribution in [0.5, 0.6) is 0 Å². The molecule has 3 fully saturated rings. The number of nitrogens with one attached hydrogen (secondary N) is 2. The van der Waals surface area contributed by atoms with Crippen LogP contribution in [0.25, 0.3) is 10.9 Å². The van der Waals surface area contributed by atoms with Gasteiger partial charge in [-0.05, 0) is 73.3 Å². The van der Waals surface area contributed by atoms with Crippen LogP contribution in [0.15, 0.2) is 79.5 Å². The van der Waals surface area contributed by atoms with E-state index < -0.39 is 0 Å². The second-order valence-electron chi connectivity index (χ2n) is 8.61. The van der Waals surface area contributed by atoms with Crippen molar-refractivity contribution in [3.05, 3.63) is 85.1 Å². The Hall–Kier alpha value is -2.76. The summed E-state index contributed by atoms with van der Waals surface area (Å²) < 4.78 is 0. The smallest absolute Gasteiger partial charge is 0.171 e. The minimum Gasteiger partial charge on any atom is -0.354 e. The lowest BCUT2D eigenvalue weighted by Crippen LogP contribution is -2.57. The van der Waals surface area contributed by atoms with E-state index in [1.807, 2.05) is 42.6 Å². The Kier molecular flexibility index (Phi) is 5.70. The number of aromatic nitrogens is 1.